The minimum atomic E-state index is -5.14. The van der Waals surface area contributed by atoms with E-state index in [4.69, 9.17) is 0 Å². The predicted octanol–water partition coefficient (Wildman–Crippen LogP) is 1.87. The summed E-state index contributed by atoms with van der Waals surface area (Å²) in [5, 5.41) is 0. The molecular formula is C5H3F5O2. The molecule has 7 heteroatoms. The Balaban J connectivity index is 3.82. The molecule has 0 bridgehead atoms. The van der Waals surface area contributed by atoms with E-state index in [2.05, 4.69) is 4.74 Å². The van der Waals surface area contributed by atoms with Crippen molar-refractivity contribution >= 4 is 5.97 Å². The molecule has 0 rings (SSSR count). The molecule has 0 N–H and O–H groups in total. The van der Waals surface area contributed by atoms with E-state index in [1.165, 1.54) is 0 Å². The zero-order valence-corrected chi connectivity index (χ0v) is 5.49. The highest BCUT2D eigenvalue weighted by atomic mass is 19.4. The molecule has 2 nitrogen and oxygen atoms in total. The molecule has 0 aromatic rings. The molecule has 0 atom stereocenters. The smallest absolute Gasteiger partial charge is 0.455 e. The summed E-state index contributed by atoms with van der Waals surface area (Å²) in [6.07, 6.45) is -7.28. The van der Waals surface area contributed by atoms with Gasteiger partial charge in [0.2, 0.25) is 0 Å². The lowest BCUT2D eigenvalue weighted by atomic mass is 10.6. The Morgan fingerprint density at radius 2 is 1.83 bits per heavy atom. The van der Waals surface area contributed by atoms with Crippen LogP contribution in [0, 0.1) is 0 Å². The van der Waals surface area contributed by atoms with Gasteiger partial charge in [0.1, 0.15) is 6.61 Å². The number of carbonyl (C=O) groups excluding carboxylic acids is 1. The van der Waals surface area contributed by atoms with Crippen LogP contribution in [0.4, 0.5) is 22.0 Å². The molecule has 0 aliphatic rings. The van der Waals surface area contributed by atoms with Crippen LogP contribution < -0.4 is 0 Å². The minimum absolute atomic E-state index is 0.0592. The van der Waals surface area contributed by atoms with E-state index in [1.807, 2.05) is 0 Å². The van der Waals surface area contributed by atoms with Crippen molar-refractivity contribution in [3.8, 4) is 0 Å². The average Bonchev–Trinajstić information content (AvgIpc) is 1.84. The Hall–Kier alpha value is -1.14. The molecule has 0 spiro atoms. The Kier molecular flexibility index (Phi) is 3.65. The van der Waals surface area contributed by atoms with E-state index in [-0.39, 0.29) is 6.08 Å². The number of hydrogen-bond donors (Lipinski definition) is 0. The van der Waals surface area contributed by atoms with Crippen LogP contribution in [0.5, 0.6) is 0 Å². The lowest BCUT2D eigenvalue weighted by molar-refractivity contribution is -0.198. The Labute approximate surface area is 63.6 Å². The highest BCUT2D eigenvalue weighted by Crippen LogP contribution is 2.16. The van der Waals surface area contributed by atoms with Crippen LogP contribution in [0.3, 0.4) is 0 Å². The quantitative estimate of drug-likeness (QED) is 0.490. The first-order valence-electron chi connectivity index (χ1n) is 2.59. The van der Waals surface area contributed by atoms with Gasteiger partial charge in [0.05, 0.1) is 0 Å². The molecule has 0 aromatic heterocycles. The zero-order valence-electron chi connectivity index (χ0n) is 5.49. The number of esters is 1. The molecule has 0 fully saturated rings. The highest BCUT2D eigenvalue weighted by Gasteiger charge is 2.40. The van der Waals surface area contributed by atoms with Crippen LogP contribution in [-0.2, 0) is 9.53 Å². The first-order chi connectivity index (χ1) is 5.34. The van der Waals surface area contributed by atoms with Gasteiger partial charge < -0.3 is 4.74 Å². The summed E-state index contributed by atoms with van der Waals surface area (Å²) in [5.74, 6) is -2.49. The topological polar surface area (TPSA) is 26.3 Å². The van der Waals surface area contributed by atoms with E-state index < -0.39 is 24.8 Å². The molecule has 0 unspecified atom stereocenters. The van der Waals surface area contributed by atoms with E-state index in [1.54, 1.807) is 0 Å². The van der Waals surface area contributed by atoms with E-state index in [9.17, 15) is 26.7 Å². The third kappa shape index (κ3) is 4.64. The summed E-state index contributed by atoms with van der Waals surface area (Å²) in [6, 6.07) is 0. The first kappa shape index (κ1) is 10.9. The molecule has 0 saturated heterocycles. The number of halogens is 5. The van der Waals surface area contributed by atoms with Gasteiger partial charge in [-0.25, -0.2) is 4.79 Å². The van der Waals surface area contributed by atoms with Gasteiger partial charge in [-0.05, 0) is 0 Å². The van der Waals surface area contributed by atoms with Crippen LogP contribution in [0.15, 0.2) is 12.2 Å². The number of hydrogen-bond acceptors (Lipinski definition) is 2. The Morgan fingerprint density at radius 3 is 2.17 bits per heavy atom. The summed E-state index contributed by atoms with van der Waals surface area (Å²) in [4.78, 5) is 9.82. The second kappa shape index (κ2) is 4.03. The van der Waals surface area contributed by atoms with Crippen LogP contribution in [0.25, 0.3) is 0 Å². The van der Waals surface area contributed by atoms with Gasteiger partial charge in [0, 0.05) is 6.08 Å². The molecular weight excluding hydrogens is 187 g/mol. The Bertz CT molecular complexity index is 191. The van der Waals surface area contributed by atoms with Gasteiger partial charge in [-0.2, -0.15) is 22.0 Å². The number of rotatable bonds is 2. The van der Waals surface area contributed by atoms with Crippen molar-refractivity contribution in [2.75, 3.05) is 6.61 Å². The molecule has 0 saturated carbocycles. The van der Waals surface area contributed by atoms with E-state index in [0.717, 1.165) is 0 Å². The number of carbonyl (C=O) groups is 1. The van der Waals surface area contributed by atoms with Gasteiger partial charge in [0.15, 0.2) is 0 Å². The molecule has 0 aliphatic heterocycles. The maximum absolute atomic E-state index is 11.3. The Morgan fingerprint density at radius 1 is 1.33 bits per heavy atom. The van der Waals surface area contributed by atoms with Crippen LogP contribution in [0.1, 0.15) is 0 Å². The lowest BCUT2D eigenvalue weighted by Crippen LogP contribution is -2.25. The van der Waals surface area contributed by atoms with Gasteiger partial charge in [-0.15, -0.1) is 0 Å². The normalized spacial score (nSPS) is 10.8. The highest BCUT2D eigenvalue weighted by molar-refractivity contribution is 5.75. The van der Waals surface area contributed by atoms with Crippen molar-refractivity contribution in [2.24, 2.45) is 0 Å². The summed E-state index contributed by atoms with van der Waals surface area (Å²) in [5.41, 5.74) is 0. The standard InChI is InChI=1S/C5H3F5O2/c6-3(7)1-2-12-4(11)5(8,9)10/h1H,2H2. The second-order valence-corrected chi connectivity index (χ2v) is 1.59. The van der Waals surface area contributed by atoms with Crippen LogP contribution in [0.2, 0.25) is 0 Å². The SMILES string of the molecule is O=C(OCC=C(F)F)C(F)(F)F. The summed E-state index contributed by atoms with van der Waals surface area (Å²) in [7, 11) is 0. The zero-order chi connectivity index (χ0) is 9.78. The van der Waals surface area contributed by atoms with Crippen LogP contribution in [-0.4, -0.2) is 18.8 Å². The first-order valence-corrected chi connectivity index (χ1v) is 2.59. The van der Waals surface area contributed by atoms with Crippen molar-refractivity contribution in [1.29, 1.82) is 0 Å². The third-order valence-corrected chi connectivity index (χ3v) is 0.684. The van der Waals surface area contributed by atoms with E-state index in [0.29, 0.717) is 0 Å². The summed E-state index contributed by atoms with van der Waals surface area (Å²) < 4.78 is 59.6. The molecule has 0 aromatic carbocycles. The molecule has 0 amide bonds. The molecule has 70 valence electrons. The molecule has 0 heterocycles. The second-order valence-electron chi connectivity index (χ2n) is 1.59. The monoisotopic (exact) mass is 190 g/mol. The van der Waals surface area contributed by atoms with Gasteiger partial charge in [-0.3, -0.25) is 0 Å². The summed E-state index contributed by atoms with van der Waals surface area (Å²) >= 11 is 0. The van der Waals surface area contributed by atoms with Gasteiger partial charge in [0.25, 0.3) is 6.08 Å². The minimum Gasteiger partial charge on any atom is -0.455 e. The average molecular weight is 190 g/mol. The number of ether oxygens (including phenoxy) is 1. The maximum Gasteiger partial charge on any atom is 0.490 e. The van der Waals surface area contributed by atoms with Crippen molar-refractivity contribution in [3.63, 3.8) is 0 Å². The largest absolute Gasteiger partial charge is 0.490 e. The van der Waals surface area contributed by atoms with Crippen LogP contribution >= 0.6 is 0 Å². The van der Waals surface area contributed by atoms with Gasteiger partial charge >= 0.3 is 12.1 Å². The number of alkyl halides is 3. The third-order valence-electron chi connectivity index (χ3n) is 0.684. The fourth-order valence-corrected chi connectivity index (χ4v) is 0.262. The fraction of sp³-hybridized carbons (Fsp3) is 0.400. The van der Waals surface area contributed by atoms with Crippen molar-refractivity contribution in [2.45, 2.75) is 6.18 Å². The predicted molar refractivity (Wildman–Crippen MR) is 27.3 cm³/mol. The fourth-order valence-electron chi connectivity index (χ4n) is 0.262. The van der Waals surface area contributed by atoms with Gasteiger partial charge in [-0.1, -0.05) is 0 Å². The molecule has 0 radical (unpaired) electrons. The molecule has 12 heavy (non-hydrogen) atoms. The molecule has 0 aliphatic carbocycles. The van der Waals surface area contributed by atoms with E-state index >= 15 is 0 Å². The lowest BCUT2D eigenvalue weighted by Gasteiger charge is -2.03. The maximum atomic E-state index is 11.3. The van der Waals surface area contributed by atoms with Crippen molar-refractivity contribution in [1.82, 2.24) is 0 Å². The summed E-state index contributed by atoms with van der Waals surface area (Å²) in [6.45, 7) is -1.08. The van der Waals surface area contributed by atoms with Crippen molar-refractivity contribution < 1.29 is 31.5 Å². The van der Waals surface area contributed by atoms with Crippen molar-refractivity contribution in [3.05, 3.63) is 12.2 Å².